The van der Waals surface area contributed by atoms with E-state index < -0.39 is 0 Å². The highest BCUT2D eigenvalue weighted by molar-refractivity contribution is 7.07. The smallest absolute Gasteiger partial charge is 0.224 e. The largest absolute Gasteiger partial charge is 0.349 e. The molecular weight excluding hydrogens is 254 g/mol. The highest BCUT2D eigenvalue weighted by Crippen LogP contribution is 2.40. The van der Waals surface area contributed by atoms with Gasteiger partial charge < -0.3 is 5.32 Å². The van der Waals surface area contributed by atoms with Crippen molar-refractivity contribution in [3.05, 3.63) is 58.3 Å². The Labute approximate surface area is 117 Å². The van der Waals surface area contributed by atoms with Crippen LogP contribution in [0.5, 0.6) is 0 Å². The second kappa shape index (κ2) is 5.57. The molecule has 98 valence electrons. The van der Waals surface area contributed by atoms with Gasteiger partial charge in [-0.05, 0) is 46.7 Å². The summed E-state index contributed by atoms with van der Waals surface area (Å²) in [6, 6.07) is 12.5. The minimum absolute atomic E-state index is 0.124. The van der Waals surface area contributed by atoms with Gasteiger partial charge in [-0.3, -0.25) is 4.79 Å². The van der Waals surface area contributed by atoms with E-state index in [1.54, 1.807) is 11.3 Å². The van der Waals surface area contributed by atoms with Gasteiger partial charge in [0.2, 0.25) is 5.91 Å². The number of carbonyl (C=O) groups excluding carboxylic acids is 1. The fourth-order valence-electron chi connectivity index (χ4n) is 2.37. The Morgan fingerprint density at radius 1 is 1.26 bits per heavy atom. The van der Waals surface area contributed by atoms with Crippen LogP contribution in [0.4, 0.5) is 0 Å². The highest BCUT2D eigenvalue weighted by Gasteiger charge is 2.33. The Balaban J connectivity index is 1.67. The van der Waals surface area contributed by atoms with Crippen molar-refractivity contribution >= 4 is 17.2 Å². The summed E-state index contributed by atoms with van der Waals surface area (Å²) >= 11 is 1.64. The molecule has 1 aromatic carbocycles. The molecule has 1 N–H and O–H groups in total. The summed E-state index contributed by atoms with van der Waals surface area (Å²) in [5.74, 6) is 0.743. The lowest BCUT2D eigenvalue weighted by Gasteiger charge is -2.18. The Bertz CT molecular complexity index is 531. The monoisotopic (exact) mass is 271 g/mol. The maximum Gasteiger partial charge on any atom is 0.224 e. The lowest BCUT2D eigenvalue weighted by atomic mass is 10.0. The first-order valence-corrected chi connectivity index (χ1v) is 7.62. The predicted molar refractivity (Wildman–Crippen MR) is 78.1 cm³/mol. The van der Waals surface area contributed by atoms with Crippen LogP contribution in [0.25, 0.3) is 0 Å². The molecule has 3 rings (SSSR count). The Morgan fingerprint density at radius 2 is 2.05 bits per heavy atom. The minimum Gasteiger partial charge on any atom is -0.349 e. The van der Waals surface area contributed by atoms with E-state index in [-0.39, 0.29) is 11.9 Å². The molecule has 0 saturated heterocycles. The van der Waals surface area contributed by atoms with Crippen molar-refractivity contribution in [3.8, 4) is 0 Å². The third-order valence-electron chi connectivity index (χ3n) is 3.51. The molecule has 1 fully saturated rings. The van der Waals surface area contributed by atoms with Gasteiger partial charge >= 0.3 is 0 Å². The van der Waals surface area contributed by atoms with Gasteiger partial charge in [-0.15, -0.1) is 0 Å². The summed E-state index contributed by atoms with van der Waals surface area (Å²) in [6.07, 6.45) is 2.93. The van der Waals surface area contributed by atoms with Crippen molar-refractivity contribution < 1.29 is 4.79 Å². The van der Waals surface area contributed by atoms with Crippen LogP contribution in [0.2, 0.25) is 0 Å². The summed E-state index contributed by atoms with van der Waals surface area (Å²) < 4.78 is 0. The Kier molecular flexibility index (Phi) is 3.65. The number of carbonyl (C=O) groups is 1. The first-order chi connectivity index (χ1) is 9.33. The number of hydrogen-bond acceptors (Lipinski definition) is 2. The fraction of sp³-hybridized carbons (Fsp3) is 0.312. The quantitative estimate of drug-likeness (QED) is 0.885. The van der Waals surface area contributed by atoms with Gasteiger partial charge in [-0.2, -0.15) is 11.3 Å². The zero-order valence-corrected chi connectivity index (χ0v) is 11.5. The molecule has 0 spiro atoms. The Morgan fingerprint density at radius 3 is 2.68 bits per heavy atom. The summed E-state index contributed by atoms with van der Waals surface area (Å²) in [7, 11) is 0. The van der Waals surface area contributed by atoms with Crippen LogP contribution in [0.1, 0.15) is 30.0 Å². The van der Waals surface area contributed by atoms with Crippen LogP contribution in [0, 0.1) is 5.92 Å². The maximum atomic E-state index is 12.1. The number of amides is 1. The summed E-state index contributed by atoms with van der Waals surface area (Å²) in [5.41, 5.74) is 2.33. The van der Waals surface area contributed by atoms with E-state index in [2.05, 4.69) is 17.4 Å². The molecule has 1 heterocycles. The maximum absolute atomic E-state index is 12.1. The molecule has 0 aliphatic heterocycles. The lowest BCUT2D eigenvalue weighted by molar-refractivity contribution is -0.121. The average molecular weight is 271 g/mol. The number of rotatable bonds is 5. The molecule has 1 saturated carbocycles. The molecule has 1 aromatic heterocycles. The minimum atomic E-state index is 0.124. The van der Waals surface area contributed by atoms with Gasteiger partial charge in [0.25, 0.3) is 0 Å². The molecular formula is C16H17NOS. The van der Waals surface area contributed by atoms with Gasteiger partial charge in [0.05, 0.1) is 12.5 Å². The molecule has 0 bridgehead atoms. The molecule has 3 heteroatoms. The van der Waals surface area contributed by atoms with E-state index >= 15 is 0 Å². The molecule has 0 radical (unpaired) electrons. The number of nitrogens with one attached hydrogen (secondary N) is 1. The average Bonchev–Trinajstić information content (AvgIpc) is 3.15. The third-order valence-corrected chi connectivity index (χ3v) is 4.25. The van der Waals surface area contributed by atoms with E-state index in [0.717, 1.165) is 5.56 Å². The SMILES string of the molecule is O=C(Cc1ccsc1)NC(c1ccccc1)C1CC1. The van der Waals surface area contributed by atoms with Crippen LogP contribution in [0.15, 0.2) is 47.2 Å². The van der Waals surface area contributed by atoms with Crippen LogP contribution in [-0.4, -0.2) is 5.91 Å². The van der Waals surface area contributed by atoms with Gasteiger partial charge in [0.1, 0.15) is 0 Å². The topological polar surface area (TPSA) is 29.1 Å². The van der Waals surface area contributed by atoms with Crippen LogP contribution < -0.4 is 5.32 Å². The first kappa shape index (κ1) is 12.4. The zero-order valence-electron chi connectivity index (χ0n) is 10.7. The number of thiophene rings is 1. The summed E-state index contributed by atoms with van der Waals surface area (Å²) in [4.78, 5) is 12.1. The normalized spacial score (nSPS) is 16.0. The summed E-state index contributed by atoms with van der Waals surface area (Å²) in [5, 5.41) is 7.25. The Hall–Kier alpha value is -1.61. The first-order valence-electron chi connectivity index (χ1n) is 6.68. The summed E-state index contributed by atoms with van der Waals surface area (Å²) in [6.45, 7) is 0. The van der Waals surface area contributed by atoms with Crippen molar-refractivity contribution in [1.29, 1.82) is 0 Å². The lowest BCUT2D eigenvalue weighted by Crippen LogP contribution is -2.31. The molecule has 2 nitrogen and oxygen atoms in total. The van der Waals surface area contributed by atoms with Crippen molar-refractivity contribution in [1.82, 2.24) is 5.32 Å². The van der Waals surface area contributed by atoms with E-state index in [4.69, 9.17) is 0 Å². The zero-order chi connectivity index (χ0) is 13.1. The van der Waals surface area contributed by atoms with Crippen molar-refractivity contribution in [2.24, 2.45) is 5.92 Å². The van der Waals surface area contributed by atoms with E-state index in [1.807, 2.05) is 35.0 Å². The van der Waals surface area contributed by atoms with Gasteiger partial charge in [-0.1, -0.05) is 30.3 Å². The van der Waals surface area contributed by atoms with Crippen LogP contribution in [-0.2, 0) is 11.2 Å². The molecule has 1 aliphatic carbocycles. The molecule has 1 atom stereocenters. The molecule has 1 amide bonds. The number of hydrogen-bond donors (Lipinski definition) is 1. The second-order valence-corrected chi connectivity index (χ2v) is 5.88. The van der Waals surface area contributed by atoms with E-state index in [9.17, 15) is 4.79 Å². The van der Waals surface area contributed by atoms with Crippen molar-refractivity contribution in [3.63, 3.8) is 0 Å². The molecule has 1 aliphatic rings. The molecule has 19 heavy (non-hydrogen) atoms. The van der Waals surface area contributed by atoms with Crippen molar-refractivity contribution in [2.75, 3.05) is 0 Å². The van der Waals surface area contributed by atoms with Crippen LogP contribution >= 0.6 is 11.3 Å². The van der Waals surface area contributed by atoms with Gasteiger partial charge in [0, 0.05) is 0 Å². The van der Waals surface area contributed by atoms with Crippen LogP contribution in [0.3, 0.4) is 0 Å². The predicted octanol–water partition coefficient (Wildman–Crippen LogP) is 3.56. The highest BCUT2D eigenvalue weighted by atomic mass is 32.1. The third kappa shape index (κ3) is 3.24. The van der Waals surface area contributed by atoms with E-state index in [1.165, 1.54) is 18.4 Å². The fourth-order valence-corrected chi connectivity index (χ4v) is 3.04. The van der Waals surface area contributed by atoms with Gasteiger partial charge in [0.15, 0.2) is 0 Å². The standard InChI is InChI=1S/C16H17NOS/c18-15(10-12-8-9-19-11-12)17-16(14-6-7-14)13-4-2-1-3-5-13/h1-5,8-9,11,14,16H,6-7,10H2,(H,17,18). The van der Waals surface area contributed by atoms with Crippen molar-refractivity contribution in [2.45, 2.75) is 25.3 Å². The van der Waals surface area contributed by atoms with Gasteiger partial charge in [-0.25, -0.2) is 0 Å². The number of benzene rings is 1. The molecule has 2 aromatic rings. The van der Waals surface area contributed by atoms with E-state index in [0.29, 0.717) is 12.3 Å². The second-order valence-electron chi connectivity index (χ2n) is 5.10. The molecule has 1 unspecified atom stereocenters.